The quantitative estimate of drug-likeness (QED) is 0.700. The normalized spacial score (nSPS) is 17.3. The second kappa shape index (κ2) is 6.56. The average molecular weight is 259 g/mol. The van der Waals surface area contributed by atoms with Gasteiger partial charge in [0.05, 0.1) is 8.80 Å². The molecule has 1 aliphatic rings. The van der Waals surface area contributed by atoms with Crippen molar-refractivity contribution in [3.63, 3.8) is 0 Å². The lowest BCUT2D eigenvalue weighted by Gasteiger charge is -2.27. The summed E-state index contributed by atoms with van der Waals surface area (Å²) < 4.78 is 0. The molecule has 0 unspecified atom stereocenters. The predicted octanol–water partition coefficient (Wildman–Crippen LogP) is 4.48. The van der Waals surface area contributed by atoms with Crippen molar-refractivity contribution in [1.29, 1.82) is 0 Å². The van der Waals surface area contributed by atoms with Gasteiger partial charge >= 0.3 is 0 Å². The van der Waals surface area contributed by atoms with Crippen molar-refractivity contribution in [1.82, 2.24) is 0 Å². The predicted molar refractivity (Wildman–Crippen MR) is 83.3 cm³/mol. The Morgan fingerprint density at radius 3 is 2.00 bits per heavy atom. The van der Waals surface area contributed by atoms with Gasteiger partial charge in [-0.25, -0.2) is 0 Å². The van der Waals surface area contributed by atoms with E-state index in [1.807, 2.05) is 0 Å². The van der Waals surface area contributed by atoms with Crippen molar-refractivity contribution in [3.8, 4) is 0 Å². The number of aryl methyl sites for hydroxylation is 2. The molecular weight excluding hydrogens is 232 g/mol. The van der Waals surface area contributed by atoms with Gasteiger partial charge in [0, 0.05) is 0 Å². The van der Waals surface area contributed by atoms with Crippen LogP contribution in [0.2, 0.25) is 12.1 Å². The zero-order valence-electron chi connectivity index (χ0n) is 12.3. The molecule has 1 fully saturated rings. The van der Waals surface area contributed by atoms with E-state index in [1.165, 1.54) is 44.9 Å². The molecule has 0 amide bonds. The molecule has 1 aliphatic carbocycles. The molecule has 0 atom stereocenters. The van der Waals surface area contributed by atoms with E-state index in [0.717, 1.165) is 5.54 Å². The van der Waals surface area contributed by atoms with Crippen LogP contribution in [0.15, 0.2) is 18.2 Å². The van der Waals surface area contributed by atoms with Gasteiger partial charge in [-0.15, -0.1) is 0 Å². The molecule has 0 heterocycles. The molecule has 0 aromatic heterocycles. The van der Waals surface area contributed by atoms with Crippen molar-refractivity contribution in [2.75, 3.05) is 0 Å². The summed E-state index contributed by atoms with van der Waals surface area (Å²) >= 11 is 0. The van der Waals surface area contributed by atoms with Crippen LogP contribution in [0.3, 0.4) is 0 Å². The summed E-state index contributed by atoms with van der Waals surface area (Å²) in [4.78, 5) is 0. The molecule has 0 N–H and O–H groups in total. The minimum absolute atomic E-state index is 0.332. The molecule has 1 aromatic rings. The third-order valence-electron chi connectivity index (χ3n) is 4.54. The van der Waals surface area contributed by atoms with Crippen molar-refractivity contribution in [2.24, 2.45) is 0 Å². The van der Waals surface area contributed by atoms with E-state index in [-0.39, 0.29) is 8.80 Å². The number of rotatable bonds is 4. The summed E-state index contributed by atoms with van der Waals surface area (Å²) in [5, 5.41) is 1.70. The van der Waals surface area contributed by atoms with Gasteiger partial charge in [0.25, 0.3) is 0 Å². The van der Waals surface area contributed by atoms with E-state index < -0.39 is 0 Å². The summed E-state index contributed by atoms with van der Waals surface area (Å²) in [6.45, 7) is 7.11. The molecule has 1 heteroatoms. The molecule has 18 heavy (non-hydrogen) atoms. The monoisotopic (exact) mass is 259 g/mol. The van der Waals surface area contributed by atoms with E-state index >= 15 is 0 Å². The van der Waals surface area contributed by atoms with Gasteiger partial charge in [-0.2, -0.15) is 0 Å². The highest BCUT2D eigenvalue weighted by Gasteiger charge is 2.23. The molecule has 99 valence electrons. The van der Waals surface area contributed by atoms with Crippen molar-refractivity contribution >= 4 is 14.0 Å². The number of benzene rings is 1. The second-order valence-electron chi connectivity index (χ2n) is 5.76. The first-order chi connectivity index (χ1) is 8.74. The second-order valence-corrected chi connectivity index (χ2v) is 8.52. The molecule has 0 spiro atoms. The molecule has 1 saturated carbocycles. The zero-order chi connectivity index (χ0) is 13.0. The van der Waals surface area contributed by atoms with Crippen LogP contribution in [0.5, 0.6) is 0 Å². The van der Waals surface area contributed by atoms with E-state index in [2.05, 4.69) is 38.6 Å². The van der Waals surface area contributed by atoms with E-state index in [1.54, 1.807) is 16.3 Å². The maximum atomic E-state index is 2.55. The van der Waals surface area contributed by atoms with Crippen LogP contribution in [0.1, 0.15) is 57.1 Å². The highest BCUT2D eigenvalue weighted by Crippen LogP contribution is 2.31. The summed E-state index contributed by atoms with van der Waals surface area (Å²) in [5.74, 6) is 0. The van der Waals surface area contributed by atoms with Gasteiger partial charge in [0.15, 0.2) is 0 Å². The minimum atomic E-state index is -0.332. The Morgan fingerprint density at radius 2 is 1.50 bits per heavy atom. The molecular formula is C17H27Si. The standard InChI is InChI=1S/C17H27Si/c1-4-14-11-15(5-2)13-17(12-14)18(3)16-9-7-6-8-10-16/h11-13,16H,4-10H2,1-3H3. The fraction of sp³-hybridized carbons (Fsp3) is 0.647. The Balaban J connectivity index is 2.19. The van der Waals surface area contributed by atoms with Crippen molar-refractivity contribution in [2.45, 2.75) is 70.9 Å². The largest absolute Gasteiger partial charge is 0.0856 e. The van der Waals surface area contributed by atoms with E-state index in [0.29, 0.717) is 0 Å². The first-order valence-corrected chi connectivity index (χ1v) is 9.79. The Labute approximate surface area is 114 Å². The topological polar surface area (TPSA) is 0 Å². The Morgan fingerprint density at radius 1 is 0.944 bits per heavy atom. The lowest BCUT2D eigenvalue weighted by molar-refractivity contribution is 0.498. The van der Waals surface area contributed by atoms with Crippen LogP contribution >= 0.6 is 0 Å². The van der Waals surface area contributed by atoms with Crippen LogP contribution in [0.25, 0.3) is 0 Å². The van der Waals surface area contributed by atoms with Crippen LogP contribution in [0.4, 0.5) is 0 Å². The minimum Gasteiger partial charge on any atom is -0.0667 e. The van der Waals surface area contributed by atoms with Crippen LogP contribution in [-0.4, -0.2) is 8.80 Å². The van der Waals surface area contributed by atoms with Crippen molar-refractivity contribution < 1.29 is 0 Å². The number of hydrogen-bond donors (Lipinski definition) is 0. The fourth-order valence-corrected chi connectivity index (χ4v) is 5.74. The first kappa shape index (κ1) is 13.9. The average Bonchev–Trinajstić information content (AvgIpc) is 2.46. The van der Waals surface area contributed by atoms with Gasteiger partial charge in [-0.05, 0) is 29.5 Å². The number of hydrogen-bond acceptors (Lipinski definition) is 0. The molecule has 1 aromatic carbocycles. The maximum absolute atomic E-state index is 2.55. The zero-order valence-corrected chi connectivity index (χ0v) is 13.3. The van der Waals surface area contributed by atoms with Gasteiger partial charge in [0.1, 0.15) is 0 Å². The smallest absolute Gasteiger partial charge is 0.0667 e. The summed E-state index contributed by atoms with van der Waals surface area (Å²) in [6.07, 6.45) is 9.76. The Bertz CT molecular complexity index is 355. The Hall–Kier alpha value is -0.563. The van der Waals surface area contributed by atoms with E-state index in [4.69, 9.17) is 0 Å². The third kappa shape index (κ3) is 3.26. The lowest BCUT2D eigenvalue weighted by atomic mass is 10.0. The van der Waals surface area contributed by atoms with Gasteiger partial charge in [0.2, 0.25) is 0 Å². The molecule has 0 nitrogen and oxygen atoms in total. The SMILES string of the molecule is CCc1cc(CC)cc([Si](C)C2CCCCC2)c1. The summed E-state index contributed by atoms with van der Waals surface area (Å²) in [5.41, 5.74) is 4.12. The van der Waals surface area contributed by atoms with Crippen LogP contribution in [0, 0.1) is 0 Å². The lowest BCUT2D eigenvalue weighted by Crippen LogP contribution is -2.33. The van der Waals surface area contributed by atoms with Gasteiger partial charge in [-0.3, -0.25) is 0 Å². The fourth-order valence-electron chi connectivity index (χ4n) is 3.17. The van der Waals surface area contributed by atoms with Crippen molar-refractivity contribution in [3.05, 3.63) is 29.3 Å². The highest BCUT2D eigenvalue weighted by molar-refractivity contribution is 6.73. The third-order valence-corrected chi connectivity index (χ3v) is 7.54. The van der Waals surface area contributed by atoms with Crippen LogP contribution < -0.4 is 5.19 Å². The molecule has 0 saturated heterocycles. The van der Waals surface area contributed by atoms with Gasteiger partial charge < -0.3 is 0 Å². The van der Waals surface area contributed by atoms with E-state index in [9.17, 15) is 0 Å². The maximum Gasteiger partial charge on any atom is 0.0856 e. The summed E-state index contributed by atoms with van der Waals surface area (Å²) in [7, 11) is -0.332. The molecule has 0 aliphatic heterocycles. The highest BCUT2D eigenvalue weighted by atomic mass is 28.3. The Kier molecular flexibility index (Phi) is 5.05. The van der Waals surface area contributed by atoms with Gasteiger partial charge in [-0.1, -0.05) is 75.9 Å². The summed E-state index contributed by atoms with van der Waals surface area (Å²) in [6, 6.07) is 7.41. The molecule has 2 rings (SSSR count). The molecule has 1 radical (unpaired) electrons. The van der Waals surface area contributed by atoms with Crippen LogP contribution in [-0.2, 0) is 12.8 Å². The first-order valence-electron chi connectivity index (χ1n) is 7.71. The molecule has 0 bridgehead atoms.